The Morgan fingerprint density at radius 3 is 2.59 bits per heavy atom. The minimum Gasteiger partial charge on any atom is -0.473 e. The summed E-state index contributed by atoms with van der Waals surface area (Å²) in [5.41, 5.74) is 0.811. The molecule has 2 amide bonds. The molecule has 3 rings (SSSR count). The zero-order chi connectivity index (χ0) is 15.2. The summed E-state index contributed by atoms with van der Waals surface area (Å²) < 4.78 is 5.77. The van der Waals surface area contributed by atoms with Gasteiger partial charge in [-0.2, -0.15) is 5.10 Å². The SMILES string of the molecule is O=C(Nc1ccccc1)N1CCC(Oc2cccnn2)CC1. The average Bonchev–Trinajstić information content (AvgIpc) is 2.57. The van der Waals surface area contributed by atoms with Crippen LogP contribution in [0.4, 0.5) is 10.5 Å². The fourth-order valence-electron chi connectivity index (χ4n) is 2.42. The number of nitrogens with zero attached hydrogens (tertiary/aromatic N) is 3. The lowest BCUT2D eigenvalue weighted by molar-refractivity contribution is 0.110. The molecule has 2 aromatic rings. The van der Waals surface area contributed by atoms with Gasteiger partial charge < -0.3 is 15.0 Å². The highest BCUT2D eigenvalue weighted by Crippen LogP contribution is 2.17. The topological polar surface area (TPSA) is 67.4 Å². The Kier molecular flexibility index (Phi) is 4.48. The highest BCUT2D eigenvalue weighted by molar-refractivity contribution is 5.89. The molecule has 0 bridgehead atoms. The van der Waals surface area contributed by atoms with Crippen molar-refractivity contribution in [3.8, 4) is 5.88 Å². The van der Waals surface area contributed by atoms with Crippen molar-refractivity contribution in [2.45, 2.75) is 18.9 Å². The Labute approximate surface area is 129 Å². The number of amides is 2. The van der Waals surface area contributed by atoms with Crippen molar-refractivity contribution >= 4 is 11.7 Å². The van der Waals surface area contributed by atoms with Crippen LogP contribution in [0.1, 0.15) is 12.8 Å². The number of carbonyl (C=O) groups excluding carboxylic acids is 1. The number of carbonyl (C=O) groups is 1. The summed E-state index contributed by atoms with van der Waals surface area (Å²) in [6, 6.07) is 13.0. The minimum absolute atomic E-state index is 0.0656. The normalized spacial score (nSPS) is 15.4. The van der Waals surface area contributed by atoms with Crippen molar-refractivity contribution in [2.24, 2.45) is 0 Å². The van der Waals surface area contributed by atoms with Gasteiger partial charge in [-0.15, -0.1) is 5.10 Å². The van der Waals surface area contributed by atoms with Crippen LogP contribution in [0, 0.1) is 0 Å². The van der Waals surface area contributed by atoms with E-state index in [0.717, 1.165) is 18.5 Å². The molecule has 0 aliphatic carbocycles. The molecule has 2 heterocycles. The molecule has 22 heavy (non-hydrogen) atoms. The van der Waals surface area contributed by atoms with E-state index in [1.807, 2.05) is 35.2 Å². The number of piperidine rings is 1. The average molecular weight is 298 g/mol. The Hall–Kier alpha value is -2.63. The first-order valence-electron chi connectivity index (χ1n) is 7.36. The fraction of sp³-hybridized carbons (Fsp3) is 0.312. The molecule has 1 saturated heterocycles. The van der Waals surface area contributed by atoms with E-state index in [-0.39, 0.29) is 12.1 Å². The molecule has 1 fully saturated rings. The van der Waals surface area contributed by atoms with Gasteiger partial charge in [-0.1, -0.05) is 18.2 Å². The van der Waals surface area contributed by atoms with E-state index in [1.54, 1.807) is 18.3 Å². The van der Waals surface area contributed by atoms with E-state index in [2.05, 4.69) is 15.5 Å². The third kappa shape index (κ3) is 3.72. The second kappa shape index (κ2) is 6.89. The maximum absolute atomic E-state index is 12.2. The van der Waals surface area contributed by atoms with Crippen molar-refractivity contribution < 1.29 is 9.53 Å². The van der Waals surface area contributed by atoms with Gasteiger partial charge in [0.25, 0.3) is 0 Å². The summed E-state index contributed by atoms with van der Waals surface area (Å²) >= 11 is 0. The van der Waals surface area contributed by atoms with Gasteiger partial charge in [0.15, 0.2) is 0 Å². The summed E-state index contributed by atoms with van der Waals surface area (Å²) in [5.74, 6) is 0.537. The Bertz CT molecular complexity index is 598. The van der Waals surface area contributed by atoms with E-state index < -0.39 is 0 Å². The van der Waals surface area contributed by atoms with Gasteiger partial charge in [0.2, 0.25) is 5.88 Å². The lowest BCUT2D eigenvalue weighted by atomic mass is 10.1. The summed E-state index contributed by atoms with van der Waals surface area (Å²) in [6.07, 6.45) is 3.28. The number of hydrogen-bond donors (Lipinski definition) is 1. The quantitative estimate of drug-likeness (QED) is 0.945. The summed E-state index contributed by atoms with van der Waals surface area (Å²) in [6.45, 7) is 1.34. The molecular weight excluding hydrogens is 280 g/mol. The van der Waals surface area contributed by atoms with Crippen LogP contribution < -0.4 is 10.1 Å². The number of hydrogen-bond acceptors (Lipinski definition) is 4. The van der Waals surface area contributed by atoms with Gasteiger partial charge in [0.1, 0.15) is 6.10 Å². The van der Waals surface area contributed by atoms with Crippen LogP contribution in [-0.4, -0.2) is 40.3 Å². The highest BCUT2D eigenvalue weighted by atomic mass is 16.5. The number of nitrogens with one attached hydrogen (secondary N) is 1. The molecule has 1 aromatic carbocycles. The molecule has 0 unspecified atom stereocenters. The molecule has 0 atom stereocenters. The van der Waals surface area contributed by atoms with Crippen LogP contribution in [0.5, 0.6) is 5.88 Å². The predicted molar refractivity (Wildman–Crippen MR) is 82.7 cm³/mol. The monoisotopic (exact) mass is 298 g/mol. The van der Waals surface area contributed by atoms with Crippen LogP contribution in [-0.2, 0) is 0 Å². The minimum atomic E-state index is -0.0656. The van der Waals surface area contributed by atoms with Crippen LogP contribution in [0.2, 0.25) is 0 Å². The zero-order valence-electron chi connectivity index (χ0n) is 12.2. The van der Waals surface area contributed by atoms with Crippen LogP contribution in [0.25, 0.3) is 0 Å². The van der Waals surface area contributed by atoms with E-state index >= 15 is 0 Å². The van der Waals surface area contributed by atoms with Crippen molar-refractivity contribution in [3.05, 3.63) is 48.7 Å². The zero-order valence-corrected chi connectivity index (χ0v) is 12.2. The first-order chi connectivity index (χ1) is 10.8. The molecule has 1 aromatic heterocycles. The first kappa shape index (κ1) is 14.3. The van der Waals surface area contributed by atoms with Crippen LogP contribution in [0.3, 0.4) is 0 Å². The highest BCUT2D eigenvalue weighted by Gasteiger charge is 2.24. The van der Waals surface area contributed by atoms with Crippen molar-refractivity contribution in [2.75, 3.05) is 18.4 Å². The van der Waals surface area contributed by atoms with E-state index in [0.29, 0.717) is 19.0 Å². The van der Waals surface area contributed by atoms with Gasteiger partial charge in [-0.25, -0.2) is 4.79 Å². The molecule has 0 radical (unpaired) electrons. The molecule has 1 aliphatic heterocycles. The maximum Gasteiger partial charge on any atom is 0.321 e. The van der Waals surface area contributed by atoms with Gasteiger partial charge in [0, 0.05) is 43.9 Å². The van der Waals surface area contributed by atoms with Gasteiger partial charge in [-0.05, 0) is 18.2 Å². The van der Waals surface area contributed by atoms with Gasteiger partial charge >= 0.3 is 6.03 Å². The van der Waals surface area contributed by atoms with Crippen LogP contribution >= 0.6 is 0 Å². The van der Waals surface area contributed by atoms with Crippen LogP contribution in [0.15, 0.2) is 48.7 Å². The summed E-state index contributed by atoms with van der Waals surface area (Å²) in [4.78, 5) is 14.0. The summed E-state index contributed by atoms with van der Waals surface area (Å²) in [5, 5.41) is 10.6. The van der Waals surface area contributed by atoms with E-state index in [1.165, 1.54) is 0 Å². The number of urea groups is 1. The second-order valence-electron chi connectivity index (χ2n) is 5.16. The van der Waals surface area contributed by atoms with Gasteiger partial charge in [-0.3, -0.25) is 0 Å². The number of rotatable bonds is 3. The van der Waals surface area contributed by atoms with Crippen molar-refractivity contribution in [1.29, 1.82) is 0 Å². The maximum atomic E-state index is 12.2. The Balaban J connectivity index is 1.48. The number of likely N-dealkylation sites (tertiary alicyclic amines) is 1. The molecule has 6 nitrogen and oxygen atoms in total. The number of ether oxygens (including phenoxy) is 1. The third-order valence-electron chi connectivity index (χ3n) is 3.59. The number of anilines is 1. The Morgan fingerprint density at radius 2 is 1.91 bits per heavy atom. The number of para-hydroxylation sites is 1. The fourth-order valence-corrected chi connectivity index (χ4v) is 2.42. The van der Waals surface area contributed by atoms with E-state index in [4.69, 9.17) is 4.74 Å². The smallest absolute Gasteiger partial charge is 0.321 e. The second-order valence-corrected chi connectivity index (χ2v) is 5.16. The largest absolute Gasteiger partial charge is 0.473 e. The number of benzene rings is 1. The third-order valence-corrected chi connectivity index (χ3v) is 3.59. The molecule has 6 heteroatoms. The Morgan fingerprint density at radius 1 is 1.14 bits per heavy atom. The molecular formula is C16H18N4O2. The lowest BCUT2D eigenvalue weighted by Gasteiger charge is -2.31. The number of aromatic nitrogens is 2. The molecule has 0 spiro atoms. The molecule has 1 aliphatic rings. The van der Waals surface area contributed by atoms with Crippen molar-refractivity contribution in [1.82, 2.24) is 15.1 Å². The molecule has 0 saturated carbocycles. The van der Waals surface area contributed by atoms with E-state index in [9.17, 15) is 4.79 Å². The molecule has 1 N–H and O–H groups in total. The standard InChI is InChI=1S/C16H18N4O2/c21-16(18-13-5-2-1-3-6-13)20-11-8-14(9-12-20)22-15-7-4-10-17-19-15/h1-7,10,14H,8-9,11-12H2,(H,18,21). The van der Waals surface area contributed by atoms with Crippen molar-refractivity contribution in [3.63, 3.8) is 0 Å². The first-order valence-corrected chi connectivity index (χ1v) is 7.36. The van der Waals surface area contributed by atoms with Gasteiger partial charge in [0.05, 0.1) is 0 Å². The molecule has 114 valence electrons. The summed E-state index contributed by atoms with van der Waals surface area (Å²) in [7, 11) is 0. The predicted octanol–water partition coefficient (Wildman–Crippen LogP) is 2.55. The lowest BCUT2D eigenvalue weighted by Crippen LogP contribution is -2.43.